The third kappa shape index (κ3) is 5.97. The van der Waals surface area contributed by atoms with Crippen molar-refractivity contribution in [3.05, 3.63) is 36.7 Å². The maximum Gasteiger partial charge on any atom is 0.247 e. The summed E-state index contributed by atoms with van der Waals surface area (Å²) in [6, 6.07) is 5.95. The molecular formula is C25H30N6O5S. The molecule has 0 aliphatic carbocycles. The van der Waals surface area contributed by atoms with Gasteiger partial charge in [0.25, 0.3) is 0 Å². The predicted molar refractivity (Wildman–Crippen MR) is 140 cm³/mol. The Balaban J connectivity index is 1.42. The molecule has 1 fully saturated rings. The Morgan fingerprint density at radius 3 is 2.49 bits per heavy atom. The number of benzene rings is 1. The highest BCUT2D eigenvalue weighted by Gasteiger charge is 2.38. The molecule has 4 N–H and O–H groups in total. The summed E-state index contributed by atoms with van der Waals surface area (Å²) in [6.45, 7) is 4.77. The van der Waals surface area contributed by atoms with Crippen LogP contribution in [-0.2, 0) is 19.2 Å². The first-order valence-electron chi connectivity index (χ1n) is 12.0. The fourth-order valence-electron chi connectivity index (χ4n) is 4.33. The van der Waals surface area contributed by atoms with E-state index >= 15 is 0 Å². The quantitative estimate of drug-likeness (QED) is 0.354. The number of imidazole rings is 1. The van der Waals surface area contributed by atoms with E-state index in [9.17, 15) is 19.2 Å². The molecular weight excluding hydrogens is 496 g/mol. The number of anilines is 2. The number of rotatable bonds is 8. The molecule has 12 heteroatoms. The molecule has 0 saturated carbocycles. The molecule has 4 amide bonds. The lowest BCUT2D eigenvalue weighted by Crippen LogP contribution is -2.54. The first-order chi connectivity index (χ1) is 17.7. The summed E-state index contributed by atoms with van der Waals surface area (Å²) in [6.07, 6.45) is 4.89. The molecule has 3 heterocycles. The van der Waals surface area contributed by atoms with Gasteiger partial charge in [-0.25, -0.2) is 4.98 Å². The highest BCUT2D eigenvalue weighted by Crippen LogP contribution is 2.30. The molecule has 11 nitrogen and oxygen atoms in total. The van der Waals surface area contributed by atoms with E-state index in [1.165, 1.54) is 23.2 Å². The largest absolute Gasteiger partial charge is 0.387 e. The summed E-state index contributed by atoms with van der Waals surface area (Å²) in [5, 5.41) is 17.2. The topological polar surface area (TPSA) is 145 Å². The van der Waals surface area contributed by atoms with Crippen LogP contribution >= 0.6 is 11.3 Å². The lowest BCUT2D eigenvalue weighted by Gasteiger charge is -2.30. The van der Waals surface area contributed by atoms with Crippen LogP contribution < -0.4 is 16.0 Å². The Hall–Kier alpha value is -3.77. The minimum Gasteiger partial charge on any atom is -0.387 e. The number of hydrogen-bond donors (Lipinski definition) is 4. The Bertz CT molecular complexity index is 1280. The Kier molecular flexibility index (Phi) is 7.89. The fraction of sp³-hybridized carbons (Fsp3) is 0.400. The van der Waals surface area contributed by atoms with Gasteiger partial charge >= 0.3 is 0 Å². The van der Waals surface area contributed by atoms with Crippen LogP contribution in [0.5, 0.6) is 0 Å². The second-order valence-electron chi connectivity index (χ2n) is 9.30. The van der Waals surface area contributed by atoms with Crippen molar-refractivity contribution in [1.29, 1.82) is 0 Å². The molecule has 0 spiro atoms. The number of aliphatic hydroxyl groups is 1. The van der Waals surface area contributed by atoms with Crippen LogP contribution in [0.3, 0.4) is 0 Å². The van der Waals surface area contributed by atoms with Crippen molar-refractivity contribution in [1.82, 2.24) is 19.6 Å². The van der Waals surface area contributed by atoms with Crippen LogP contribution in [-0.4, -0.2) is 68.3 Å². The summed E-state index contributed by atoms with van der Waals surface area (Å²) in [5.74, 6) is -1.11. The predicted octanol–water partition coefficient (Wildman–Crippen LogP) is 2.08. The number of likely N-dealkylation sites (tertiary alicyclic amines) is 1. The van der Waals surface area contributed by atoms with E-state index in [0.29, 0.717) is 30.9 Å². The summed E-state index contributed by atoms with van der Waals surface area (Å²) in [4.78, 5) is 56.8. The SMILES string of the molecule is CC(=O)Nc1cn2cc(-c3ccc(NC(=O)[C@@H]4CCCN4C(=O)[C@@H](NC(=O)CO)C(C)C)cc3)sc2n1. The molecule has 0 radical (unpaired) electrons. The zero-order valence-corrected chi connectivity index (χ0v) is 21.7. The smallest absolute Gasteiger partial charge is 0.247 e. The molecule has 0 bridgehead atoms. The van der Waals surface area contributed by atoms with Crippen molar-refractivity contribution in [2.75, 3.05) is 23.8 Å². The van der Waals surface area contributed by atoms with Gasteiger partial charge in [0.1, 0.15) is 18.7 Å². The Labute approximate surface area is 217 Å². The Morgan fingerprint density at radius 2 is 1.86 bits per heavy atom. The number of fused-ring (bicyclic) bond motifs is 1. The van der Waals surface area contributed by atoms with Crippen LogP contribution in [0.15, 0.2) is 36.7 Å². The van der Waals surface area contributed by atoms with E-state index < -0.39 is 24.6 Å². The van der Waals surface area contributed by atoms with Gasteiger partial charge in [-0.1, -0.05) is 37.3 Å². The fourth-order valence-corrected chi connectivity index (χ4v) is 5.30. The van der Waals surface area contributed by atoms with Crippen LogP contribution in [0.1, 0.15) is 33.6 Å². The van der Waals surface area contributed by atoms with Crippen molar-refractivity contribution in [3.63, 3.8) is 0 Å². The molecule has 1 aromatic carbocycles. The lowest BCUT2D eigenvalue weighted by molar-refractivity contribution is -0.141. The van der Waals surface area contributed by atoms with Gasteiger partial charge in [0.15, 0.2) is 10.8 Å². The standard InChI is InChI=1S/C25H30N6O5S/c1-14(2)22(29-21(34)13-32)24(36)31-10-4-5-18(31)23(35)27-17-8-6-16(7-9-17)19-11-30-12-20(26-15(3)33)28-25(30)37-19/h6-9,11-12,14,18,22,32H,4-5,10,13H2,1-3H3,(H,26,33)(H,27,35)(H,29,34)/t18-,22-/m0/s1. The van der Waals surface area contributed by atoms with Gasteiger partial charge in [0, 0.05) is 25.4 Å². The number of carbonyl (C=O) groups excluding carboxylic acids is 4. The number of nitrogens with one attached hydrogen (secondary N) is 3. The molecule has 3 aromatic rings. The highest BCUT2D eigenvalue weighted by molar-refractivity contribution is 7.20. The van der Waals surface area contributed by atoms with Gasteiger partial charge in [-0.05, 0) is 36.5 Å². The van der Waals surface area contributed by atoms with E-state index in [0.717, 1.165) is 15.4 Å². The van der Waals surface area contributed by atoms with Crippen molar-refractivity contribution in [3.8, 4) is 10.4 Å². The summed E-state index contributed by atoms with van der Waals surface area (Å²) in [7, 11) is 0. The van der Waals surface area contributed by atoms with Crippen molar-refractivity contribution in [2.45, 2.75) is 45.7 Å². The van der Waals surface area contributed by atoms with Gasteiger partial charge in [0.2, 0.25) is 23.6 Å². The average Bonchev–Trinajstić information content (AvgIpc) is 3.57. The van der Waals surface area contributed by atoms with E-state index in [1.54, 1.807) is 32.2 Å². The second-order valence-corrected chi connectivity index (χ2v) is 10.3. The Morgan fingerprint density at radius 1 is 1.14 bits per heavy atom. The van der Waals surface area contributed by atoms with E-state index in [1.807, 2.05) is 22.7 Å². The number of aliphatic hydroxyl groups excluding tert-OH is 1. The molecule has 0 unspecified atom stereocenters. The van der Waals surface area contributed by atoms with Crippen LogP contribution in [0.25, 0.3) is 15.4 Å². The van der Waals surface area contributed by atoms with E-state index in [4.69, 9.17) is 5.11 Å². The molecule has 4 rings (SSSR count). The van der Waals surface area contributed by atoms with Crippen LogP contribution in [0, 0.1) is 5.92 Å². The van der Waals surface area contributed by atoms with Crippen LogP contribution in [0.4, 0.5) is 11.5 Å². The number of aromatic nitrogens is 2. The summed E-state index contributed by atoms with van der Waals surface area (Å²) < 4.78 is 1.85. The van der Waals surface area contributed by atoms with Crippen LogP contribution in [0.2, 0.25) is 0 Å². The summed E-state index contributed by atoms with van der Waals surface area (Å²) in [5.41, 5.74) is 1.56. The third-order valence-corrected chi connectivity index (χ3v) is 7.17. The molecule has 1 saturated heterocycles. The minimum absolute atomic E-state index is 0.179. The second kappa shape index (κ2) is 11.1. The number of thiazole rings is 1. The molecule has 196 valence electrons. The number of hydrogen-bond acceptors (Lipinski definition) is 7. The van der Waals surface area contributed by atoms with Gasteiger partial charge in [-0.15, -0.1) is 0 Å². The lowest BCUT2D eigenvalue weighted by atomic mass is 10.0. The number of amides is 4. The van der Waals surface area contributed by atoms with Crippen molar-refractivity contribution in [2.24, 2.45) is 5.92 Å². The van der Waals surface area contributed by atoms with Gasteiger partial charge in [-0.3, -0.25) is 23.6 Å². The zero-order valence-electron chi connectivity index (χ0n) is 20.9. The first-order valence-corrected chi connectivity index (χ1v) is 12.9. The molecule has 37 heavy (non-hydrogen) atoms. The van der Waals surface area contributed by atoms with E-state index in [2.05, 4.69) is 20.9 Å². The number of carbonyl (C=O) groups is 4. The molecule has 1 aliphatic rings. The third-order valence-electron chi connectivity index (χ3n) is 6.13. The molecule has 1 aliphatic heterocycles. The first kappa shape index (κ1) is 26.3. The molecule has 2 atom stereocenters. The maximum atomic E-state index is 13.2. The zero-order chi connectivity index (χ0) is 26.7. The van der Waals surface area contributed by atoms with Gasteiger partial charge < -0.3 is 26.0 Å². The van der Waals surface area contributed by atoms with Crippen molar-refractivity contribution >= 4 is 51.4 Å². The minimum atomic E-state index is -0.812. The normalized spacial score (nSPS) is 16.1. The molecule has 2 aromatic heterocycles. The number of nitrogens with zero attached hydrogens (tertiary/aromatic N) is 3. The average molecular weight is 527 g/mol. The highest BCUT2D eigenvalue weighted by atomic mass is 32.1. The van der Waals surface area contributed by atoms with Gasteiger partial charge in [-0.2, -0.15) is 0 Å². The van der Waals surface area contributed by atoms with Gasteiger partial charge in [0.05, 0.1) is 11.1 Å². The van der Waals surface area contributed by atoms with E-state index in [-0.39, 0.29) is 23.6 Å². The summed E-state index contributed by atoms with van der Waals surface area (Å²) >= 11 is 1.48. The van der Waals surface area contributed by atoms with Crippen molar-refractivity contribution < 1.29 is 24.3 Å². The monoisotopic (exact) mass is 526 g/mol. The maximum absolute atomic E-state index is 13.2.